The molecule has 0 radical (unpaired) electrons. The van der Waals surface area contributed by atoms with E-state index in [-0.39, 0.29) is 4.99 Å². The second kappa shape index (κ2) is 5.19. The van der Waals surface area contributed by atoms with E-state index in [1.807, 2.05) is 26.0 Å². The number of benzene rings is 1. The van der Waals surface area contributed by atoms with E-state index in [1.165, 1.54) is 0 Å². The number of aromatic nitrogens is 2. The van der Waals surface area contributed by atoms with Crippen LogP contribution in [0.4, 0.5) is 0 Å². The second-order valence-corrected chi connectivity index (χ2v) is 5.14. The topological polar surface area (TPSA) is 53.1 Å². The third-order valence-electron chi connectivity index (χ3n) is 2.76. The number of ether oxygens (including phenoxy) is 1. The standard InChI is InChI=1S/C13H14ClN3OS/c1-7-6-9(14)4-5-10(7)18-13-11(12(15)19)8(2)16-17(13)3/h4-6H,1-3H3,(H2,15,19). The molecule has 19 heavy (non-hydrogen) atoms. The highest BCUT2D eigenvalue weighted by Gasteiger charge is 2.18. The number of aryl methyl sites for hydroxylation is 3. The molecular formula is C13H14ClN3OS. The molecule has 2 aromatic rings. The van der Waals surface area contributed by atoms with Crippen LogP contribution in [0.3, 0.4) is 0 Å². The summed E-state index contributed by atoms with van der Waals surface area (Å²) in [6, 6.07) is 5.41. The fraction of sp³-hybridized carbons (Fsp3) is 0.231. The molecule has 0 amide bonds. The molecule has 2 rings (SSSR count). The van der Waals surface area contributed by atoms with Gasteiger partial charge in [-0.05, 0) is 37.6 Å². The number of thiocarbonyl (C=S) groups is 1. The van der Waals surface area contributed by atoms with Crippen LogP contribution < -0.4 is 10.5 Å². The zero-order valence-electron chi connectivity index (χ0n) is 10.9. The lowest BCUT2D eigenvalue weighted by Gasteiger charge is -2.10. The van der Waals surface area contributed by atoms with Crippen molar-refractivity contribution in [1.82, 2.24) is 9.78 Å². The molecule has 2 N–H and O–H groups in total. The van der Waals surface area contributed by atoms with Crippen LogP contribution in [0.25, 0.3) is 0 Å². The lowest BCUT2D eigenvalue weighted by atomic mass is 10.2. The van der Waals surface area contributed by atoms with Crippen molar-refractivity contribution in [3.05, 3.63) is 40.0 Å². The van der Waals surface area contributed by atoms with Crippen LogP contribution in [-0.2, 0) is 7.05 Å². The van der Waals surface area contributed by atoms with Gasteiger partial charge in [-0.3, -0.25) is 0 Å². The molecular weight excluding hydrogens is 282 g/mol. The summed E-state index contributed by atoms with van der Waals surface area (Å²) in [6.07, 6.45) is 0. The molecule has 0 bridgehead atoms. The van der Waals surface area contributed by atoms with E-state index in [1.54, 1.807) is 17.8 Å². The average molecular weight is 296 g/mol. The fourth-order valence-electron chi connectivity index (χ4n) is 1.87. The van der Waals surface area contributed by atoms with E-state index in [2.05, 4.69) is 5.10 Å². The Labute approximate surface area is 122 Å². The number of rotatable bonds is 3. The molecule has 4 nitrogen and oxygen atoms in total. The van der Waals surface area contributed by atoms with E-state index in [0.29, 0.717) is 22.2 Å². The predicted molar refractivity (Wildman–Crippen MR) is 80.1 cm³/mol. The molecule has 6 heteroatoms. The molecule has 0 aliphatic rings. The first kappa shape index (κ1) is 13.8. The summed E-state index contributed by atoms with van der Waals surface area (Å²) >= 11 is 11.0. The Morgan fingerprint density at radius 2 is 2.11 bits per heavy atom. The van der Waals surface area contributed by atoms with Crippen molar-refractivity contribution < 1.29 is 4.74 Å². The van der Waals surface area contributed by atoms with Crippen LogP contribution in [0.5, 0.6) is 11.6 Å². The molecule has 0 spiro atoms. The van der Waals surface area contributed by atoms with Crippen molar-refractivity contribution in [2.45, 2.75) is 13.8 Å². The molecule has 0 aliphatic heterocycles. The average Bonchev–Trinajstić information content (AvgIpc) is 2.57. The van der Waals surface area contributed by atoms with Crippen LogP contribution in [0.15, 0.2) is 18.2 Å². The number of halogens is 1. The fourth-order valence-corrected chi connectivity index (χ4v) is 2.33. The number of nitrogens with zero attached hydrogens (tertiary/aromatic N) is 2. The highest BCUT2D eigenvalue weighted by atomic mass is 35.5. The minimum absolute atomic E-state index is 0.271. The Morgan fingerprint density at radius 3 is 2.68 bits per heavy atom. The van der Waals surface area contributed by atoms with E-state index in [9.17, 15) is 0 Å². The molecule has 0 saturated heterocycles. The number of hydrogen-bond acceptors (Lipinski definition) is 3. The van der Waals surface area contributed by atoms with Gasteiger partial charge in [0.15, 0.2) is 0 Å². The summed E-state index contributed by atoms with van der Waals surface area (Å²) in [6.45, 7) is 3.76. The molecule has 100 valence electrons. The summed E-state index contributed by atoms with van der Waals surface area (Å²) in [5.41, 5.74) is 8.06. The predicted octanol–water partition coefficient (Wildman–Crippen LogP) is 3.12. The maximum Gasteiger partial charge on any atom is 0.228 e. The summed E-state index contributed by atoms with van der Waals surface area (Å²) in [5.74, 6) is 1.24. The van der Waals surface area contributed by atoms with Crippen molar-refractivity contribution in [3.8, 4) is 11.6 Å². The third-order valence-corrected chi connectivity index (χ3v) is 3.20. The molecule has 0 unspecified atom stereocenters. The van der Waals surface area contributed by atoms with Gasteiger partial charge < -0.3 is 10.5 Å². The van der Waals surface area contributed by atoms with Gasteiger partial charge in [-0.2, -0.15) is 5.10 Å². The van der Waals surface area contributed by atoms with Crippen molar-refractivity contribution in [1.29, 1.82) is 0 Å². The first-order valence-electron chi connectivity index (χ1n) is 5.67. The smallest absolute Gasteiger partial charge is 0.228 e. The summed E-state index contributed by atoms with van der Waals surface area (Å²) in [7, 11) is 1.79. The first-order valence-corrected chi connectivity index (χ1v) is 6.46. The maximum absolute atomic E-state index is 5.92. The van der Waals surface area contributed by atoms with Crippen molar-refractivity contribution >= 4 is 28.8 Å². The molecule has 1 aromatic carbocycles. The Bertz CT molecular complexity index is 652. The Morgan fingerprint density at radius 1 is 1.42 bits per heavy atom. The molecule has 0 saturated carbocycles. The summed E-state index contributed by atoms with van der Waals surface area (Å²) < 4.78 is 7.51. The van der Waals surface area contributed by atoms with E-state index in [0.717, 1.165) is 11.3 Å². The van der Waals surface area contributed by atoms with Gasteiger partial charge in [-0.1, -0.05) is 23.8 Å². The van der Waals surface area contributed by atoms with Gasteiger partial charge in [0.25, 0.3) is 0 Å². The molecule has 1 heterocycles. The lowest BCUT2D eigenvalue weighted by Crippen LogP contribution is -2.11. The van der Waals surface area contributed by atoms with Gasteiger partial charge in [0, 0.05) is 12.1 Å². The van der Waals surface area contributed by atoms with Gasteiger partial charge in [0.1, 0.15) is 10.7 Å². The van der Waals surface area contributed by atoms with Gasteiger partial charge in [0.2, 0.25) is 5.88 Å². The van der Waals surface area contributed by atoms with Crippen LogP contribution in [0, 0.1) is 13.8 Å². The third kappa shape index (κ3) is 2.72. The monoisotopic (exact) mass is 295 g/mol. The Hall–Kier alpha value is -1.59. The largest absolute Gasteiger partial charge is 0.438 e. The SMILES string of the molecule is Cc1cc(Cl)ccc1Oc1c(C(N)=S)c(C)nn1C. The Kier molecular flexibility index (Phi) is 3.78. The molecule has 0 atom stereocenters. The quantitative estimate of drug-likeness (QED) is 0.884. The van der Waals surface area contributed by atoms with Crippen molar-refractivity contribution in [3.63, 3.8) is 0 Å². The van der Waals surface area contributed by atoms with Gasteiger partial charge >= 0.3 is 0 Å². The van der Waals surface area contributed by atoms with Gasteiger partial charge in [-0.15, -0.1) is 0 Å². The highest BCUT2D eigenvalue weighted by Crippen LogP contribution is 2.30. The summed E-state index contributed by atoms with van der Waals surface area (Å²) in [5, 5.41) is 4.94. The van der Waals surface area contributed by atoms with Crippen LogP contribution in [0.1, 0.15) is 16.8 Å². The van der Waals surface area contributed by atoms with E-state index < -0.39 is 0 Å². The minimum atomic E-state index is 0.271. The molecule has 0 aliphatic carbocycles. The maximum atomic E-state index is 5.92. The highest BCUT2D eigenvalue weighted by molar-refractivity contribution is 7.80. The van der Waals surface area contributed by atoms with Crippen LogP contribution in [-0.4, -0.2) is 14.8 Å². The van der Waals surface area contributed by atoms with Crippen molar-refractivity contribution in [2.24, 2.45) is 12.8 Å². The minimum Gasteiger partial charge on any atom is -0.438 e. The second-order valence-electron chi connectivity index (χ2n) is 4.27. The van der Waals surface area contributed by atoms with Crippen LogP contribution >= 0.6 is 23.8 Å². The lowest BCUT2D eigenvalue weighted by molar-refractivity contribution is 0.427. The summed E-state index contributed by atoms with van der Waals surface area (Å²) in [4.78, 5) is 0.271. The number of nitrogens with two attached hydrogens (primary N) is 1. The van der Waals surface area contributed by atoms with E-state index >= 15 is 0 Å². The van der Waals surface area contributed by atoms with E-state index in [4.69, 9.17) is 34.3 Å². The normalized spacial score (nSPS) is 10.5. The molecule has 0 fully saturated rings. The zero-order valence-corrected chi connectivity index (χ0v) is 12.5. The zero-order chi connectivity index (χ0) is 14.2. The number of hydrogen-bond donors (Lipinski definition) is 1. The molecule has 1 aromatic heterocycles. The van der Waals surface area contributed by atoms with Gasteiger partial charge in [0.05, 0.1) is 11.3 Å². The Balaban J connectivity index is 2.46. The van der Waals surface area contributed by atoms with Gasteiger partial charge in [-0.25, -0.2) is 4.68 Å². The van der Waals surface area contributed by atoms with Crippen LogP contribution in [0.2, 0.25) is 5.02 Å². The van der Waals surface area contributed by atoms with Crippen molar-refractivity contribution in [2.75, 3.05) is 0 Å². The first-order chi connectivity index (χ1) is 8.90.